The third kappa shape index (κ3) is 2.67. The van der Waals surface area contributed by atoms with Crippen LogP contribution in [0.2, 0.25) is 0 Å². The summed E-state index contributed by atoms with van der Waals surface area (Å²) < 4.78 is 11.0. The van der Waals surface area contributed by atoms with E-state index in [-0.39, 0.29) is 0 Å². The molecule has 3 rings (SSSR count). The highest BCUT2D eigenvalue weighted by atomic mass is 16.6. The lowest BCUT2D eigenvalue weighted by Crippen LogP contribution is -2.15. The number of rotatable bonds is 3. The molecule has 0 fully saturated rings. The van der Waals surface area contributed by atoms with Crippen molar-refractivity contribution in [3.8, 4) is 11.5 Å². The van der Waals surface area contributed by atoms with Gasteiger partial charge in [-0.05, 0) is 18.2 Å². The van der Waals surface area contributed by atoms with Crippen molar-refractivity contribution >= 4 is 11.5 Å². The highest BCUT2D eigenvalue weighted by Gasteiger charge is 2.11. The summed E-state index contributed by atoms with van der Waals surface area (Å²) in [6.07, 6.45) is 1.64. The molecule has 0 atom stereocenters. The summed E-state index contributed by atoms with van der Waals surface area (Å²) in [6, 6.07) is 7.38. The molecule has 0 spiro atoms. The van der Waals surface area contributed by atoms with Crippen LogP contribution in [0.1, 0.15) is 5.82 Å². The highest BCUT2D eigenvalue weighted by Crippen LogP contribution is 2.32. The van der Waals surface area contributed by atoms with E-state index in [1.165, 1.54) is 0 Å². The first-order valence-corrected chi connectivity index (χ1v) is 6.02. The monoisotopic (exact) mass is 258 g/mol. The summed E-state index contributed by atoms with van der Waals surface area (Å²) in [6.45, 7) is 1.68. The van der Waals surface area contributed by atoms with Gasteiger partial charge in [0.2, 0.25) is 0 Å². The predicted molar refractivity (Wildman–Crippen MR) is 71.2 cm³/mol. The third-order valence-corrected chi connectivity index (χ3v) is 2.72. The SMILES string of the molecule is Nc1ccnc(CNc2ccc3c(c2)OCCO3)n1. The van der Waals surface area contributed by atoms with Gasteiger partial charge in [0.1, 0.15) is 24.9 Å². The number of ether oxygens (including phenoxy) is 2. The number of nitrogens with one attached hydrogen (secondary N) is 1. The van der Waals surface area contributed by atoms with Crippen LogP contribution >= 0.6 is 0 Å². The number of nitrogens with zero attached hydrogens (tertiary/aromatic N) is 2. The number of aromatic nitrogens is 2. The third-order valence-electron chi connectivity index (χ3n) is 2.72. The molecule has 0 aliphatic carbocycles. The second kappa shape index (κ2) is 5.01. The Hall–Kier alpha value is -2.50. The lowest BCUT2D eigenvalue weighted by molar-refractivity contribution is 0.171. The summed E-state index contributed by atoms with van der Waals surface area (Å²) in [5.74, 6) is 2.64. The molecule has 0 radical (unpaired) electrons. The maximum absolute atomic E-state index is 5.60. The largest absolute Gasteiger partial charge is 0.486 e. The zero-order valence-electron chi connectivity index (χ0n) is 10.3. The number of fused-ring (bicyclic) bond motifs is 1. The van der Waals surface area contributed by atoms with Crippen LogP contribution in [0.15, 0.2) is 30.5 Å². The van der Waals surface area contributed by atoms with Gasteiger partial charge in [-0.25, -0.2) is 9.97 Å². The smallest absolute Gasteiger partial charge is 0.163 e. The van der Waals surface area contributed by atoms with Crippen molar-refractivity contribution in [2.24, 2.45) is 0 Å². The van der Waals surface area contributed by atoms with Crippen molar-refractivity contribution in [3.05, 3.63) is 36.3 Å². The van der Waals surface area contributed by atoms with E-state index in [4.69, 9.17) is 15.2 Å². The summed E-state index contributed by atoms with van der Waals surface area (Å²) in [5, 5.41) is 3.22. The number of nitrogen functional groups attached to an aromatic ring is 1. The van der Waals surface area contributed by atoms with Crippen molar-refractivity contribution < 1.29 is 9.47 Å². The summed E-state index contributed by atoms with van der Waals surface area (Å²) >= 11 is 0. The molecule has 1 aromatic carbocycles. The quantitative estimate of drug-likeness (QED) is 0.867. The van der Waals surface area contributed by atoms with Crippen LogP contribution < -0.4 is 20.5 Å². The molecule has 0 saturated heterocycles. The number of anilines is 2. The van der Waals surface area contributed by atoms with Gasteiger partial charge >= 0.3 is 0 Å². The van der Waals surface area contributed by atoms with Gasteiger partial charge in [0.05, 0.1) is 6.54 Å². The second-order valence-electron chi connectivity index (χ2n) is 4.11. The van der Waals surface area contributed by atoms with E-state index in [1.54, 1.807) is 12.3 Å². The molecule has 1 aliphatic rings. The molecule has 0 amide bonds. The average molecular weight is 258 g/mol. The summed E-state index contributed by atoms with van der Waals surface area (Å²) in [5.41, 5.74) is 6.53. The first-order chi connectivity index (χ1) is 9.31. The Kier molecular flexibility index (Phi) is 3.06. The zero-order valence-corrected chi connectivity index (χ0v) is 10.3. The van der Waals surface area contributed by atoms with Crippen LogP contribution in [0.4, 0.5) is 11.5 Å². The number of nitrogens with two attached hydrogens (primary N) is 1. The van der Waals surface area contributed by atoms with Crippen LogP contribution in [-0.4, -0.2) is 23.2 Å². The van der Waals surface area contributed by atoms with Gasteiger partial charge in [0, 0.05) is 18.0 Å². The minimum absolute atomic E-state index is 0.467. The van der Waals surface area contributed by atoms with Crippen molar-refractivity contribution in [1.82, 2.24) is 9.97 Å². The van der Waals surface area contributed by atoms with Crippen molar-refractivity contribution in [1.29, 1.82) is 0 Å². The molecule has 1 aromatic heterocycles. The molecule has 19 heavy (non-hydrogen) atoms. The Labute approximate surface area is 110 Å². The fourth-order valence-corrected chi connectivity index (χ4v) is 1.83. The predicted octanol–water partition coefficient (Wildman–Crippen LogP) is 1.44. The maximum Gasteiger partial charge on any atom is 0.163 e. The van der Waals surface area contributed by atoms with Gasteiger partial charge < -0.3 is 20.5 Å². The minimum atomic E-state index is 0.467. The van der Waals surface area contributed by atoms with E-state index < -0.39 is 0 Å². The number of benzene rings is 1. The van der Waals surface area contributed by atoms with E-state index >= 15 is 0 Å². The Balaban J connectivity index is 1.70. The molecule has 3 N–H and O–H groups in total. The van der Waals surface area contributed by atoms with E-state index in [9.17, 15) is 0 Å². The molecule has 2 heterocycles. The number of hydrogen-bond acceptors (Lipinski definition) is 6. The minimum Gasteiger partial charge on any atom is -0.486 e. The van der Waals surface area contributed by atoms with Crippen LogP contribution in [0, 0.1) is 0 Å². The van der Waals surface area contributed by atoms with Crippen LogP contribution in [0.25, 0.3) is 0 Å². The van der Waals surface area contributed by atoms with Crippen molar-refractivity contribution in [3.63, 3.8) is 0 Å². The topological polar surface area (TPSA) is 82.3 Å². The number of hydrogen-bond donors (Lipinski definition) is 2. The van der Waals surface area contributed by atoms with Gasteiger partial charge in [-0.15, -0.1) is 0 Å². The lowest BCUT2D eigenvalue weighted by Gasteiger charge is -2.19. The second-order valence-corrected chi connectivity index (χ2v) is 4.11. The molecule has 6 nitrogen and oxygen atoms in total. The molecular formula is C13H14N4O2. The molecule has 2 aromatic rings. The van der Waals surface area contributed by atoms with Gasteiger partial charge in [-0.3, -0.25) is 0 Å². The van der Waals surface area contributed by atoms with E-state index in [2.05, 4.69) is 15.3 Å². The maximum atomic E-state index is 5.60. The van der Waals surface area contributed by atoms with Gasteiger partial charge in [-0.2, -0.15) is 0 Å². The molecule has 1 aliphatic heterocycles. The van der Waals surface area contributed by atoms with Gasteiger partial charge in [-0.1, -0.05) is 0 Å². The Morgan fingerprint density at radius 2 is 2.00 bits per heavy atom. The summed E-state index contributed by atoms with van der Waals surface area (Å²) in [7, 11) is 0. The first-order valence-electron chi connectivity index (χ1n) is 6.02. The molecule has 0 saturated carbocycles. The molecular weight excluding hydrogens is 244 g/mol. The van der Waals surface area contributed by atoms with E-state index in [0.29, 0.717) is 31.4 Å². The Morgan fingerprint density at radius 1 is 1.16 bits per heavy atom. The summed E-state index contributed by atoms with van der Waals surface area (Å²) in [4.78, 5) is 8.26. The van der Waals surface area contributed by atoms with E-state index in [0.717, 1.165) is 17.2 Å². The van der Waals surface area contributed by atoms with Crippen molar-refractivity contribution in [2.45, 2.75) is 6.54 Å². The Morgan fingerprint density at radius 3 is 2.84 bits per heavy atom. The zero-order chi connectivity index (χ0) is 13.1. The van der Waals surface area contributed by atoms with Crippen LogP contribution in [0.5, 0.6) is 11.5 Å². The van der Waals surface area contributed by atoms with E-state index in [1.807, 2.05) is 18.2 Å². The van der Waals surface area contributed by atoms with Crippen LogP contribution in [-0.2, 0) is 6.54 Å². The molecule has 0 unspecified atom stereocenters. The normalized spacial score (nSPS) is 13.1. The molecule has 6 heteroatoms. The fourth-order valence-electron chi connectivity index (χ4n) is 1.83. The lowest BCUT2D eigenvalue weighted by atomic mass is 10.2. The average Bonchev–Trinajstić information content (AvgIpc) is 2.45. The standard InChI is InChI=1S/C13H14N4O2/c14-12-3-4-15-13(17-12)8-16-9-1-2-10-11(7-9)19-6-5-18-10/h1-4,7,16H,5-6,8H2,(H2,14,15,17). The first kappa shape index (κ1) is 11.6. The fraction of sp³-hybridized carbons (Fsp3) is 0.231. The van der Waals surface area contributed by atoms with Gasteiger partial charge in [0.25, 0.3) is 0 Å². The van der Waals surface area contributed by atoms with Crippen LogP contribution in [0.3, 0.4) is 0 Å². The Bertz CT molecular complexity index is 589. The molecule has 98 valence electrons. The van der Waals surface area contributed by atoms with Crippen molar-refractivity contribution in [2.75, 3.05) is 24.3 Å². The highest BCUT2D eigenvalue weighted by molar-refractivity contribution is 5.55. The molecule has 0 bridgehead atoms. The van der Waals surface area contributed by atoms with Gasteiger partial charge in [0.15, 0.2) is 11.5 Å².